The molecule has 4 aliphatic rings. The van der Waals surface area contributed by atoms with Crippen LogP contribution in [-0.2, 0) is 16.0 Å². The average molecular weight is 521 g/mol. The summed E-state index contributed by atoms with van der Waals surface area (Å²) in [6.07, 6.45) is 10.8. The lowest BCUT2D eigenvalue weighted by Gasteiger charge is -2.56. The third-order valence-electron chi connectivity index (χ3n) is 10.1. The number of nitrogens with zero attached hydrogens (tertiary/aromatic N) is 1. The van der Waals surface area contributed by atoms with Gasteiger partial charge < -0.3 is 15.2 Å². The first-order valence-corrected chi connectivity index (χ1v) is 14.5. The van der Waals surface area contributed by atoms with Gasteiger partial charge in [0.05, 0.1) is 16.1 Å². The van der Waals surface area contributed by atoms with Crippen LogP contribution in [0.3, 0.4) is 0 Å². The van der Waals surface area contributed by atoms with Crippen molar-refractivity contribution >= 4 is 39.7 Å². The molecule has 6 rings (SSSR count). The molecule has 196 valence electrons. The molecular formula is C30H36N2O4S. The maximum absolute atomic E-state index is 12.1. The van der Waals surface area contributed by atoms with Crippen LogP contribution in [0.25, 0.3) is 5.57 Å². The van der Waals surface area contributed by atoms with Crippen LogP contribution in [0.15, 0.2) is 30.3 Å². The lowest BCUT2D eigenvalue weighted by molar-refractivity contribution is -0.158. The van der Waals surface area contributed by atoms with Crippen molar-refractivity contribution < 1.29 is 19.4 Å². The number of aryl methyl sites for hydroxylation is 1. The van der Waals surface area contributed by atoms with E-state index in [0.717, 1.165) is 42.9 Å². The molecule has 1 aromatic heterocycles. The number of hydrogen-bond donors (Lipinski definition) is 2. The number of carboxylic acid groups (broad SMARTS) is 1. The number of nitrogens with one attached hydrogen (secondary N) is 1. The van der Waals surface area contributed by atoms with Crippen LogP contribution in [0.5, 0.6) is 0 Å². The number of carbonyl (C=O) groups is 2. The van der Waals surface area contributed by atoms with Crippen molar-refractivity contribution in [1.29, 1.82) is 0 Å². The highest BCUT2D eigenvalue weighted by Crippen LogP contribution is 2.66. The summed E-state index contributed by atoms with van der Waals surface area (Å²) >= 11 is 1.73. The minimum atomic E-state index is -0.920. The van der Waals surface area contributed by atoms with Crippen LogP contribution in [0.2, 0.25) is 0 Å². The van der Waals surface area contributed by atoms with Gasteiger partial charge >= 0.3 is 11.9 Å². The average Bonchev–Trinajstić information content (AvgIpc) is 3.44. The molecule has 7 heteroatoms. The van der Waals surface area contributed by atoms with Crippen molar-refractivity contribution in [2.75, 3.05) is 5.32 Å². The van der Waals surface area contributed by atoms with Gasteiger partial charge in [0.1, 0.15) is 6.10 Å². The van der Waals surface area contributed by atoms with Gasteiger partial charge in [0, 0.05) is 17.5 Å². The summed E-state index contributed by atoms with van der Waals surface area (Å²) in [5.74, 6) is 0.943. The third kappa shape index (κ3) is 3.92. The van der Waals surface area contributed by atoms with Crippen molar-refractivity contribution in [1.82, 2.24) is 4.98 Å². The molecule has 4 aliphatic carbocycles. The van der Waals surface area contributed by atoms with E-state index in [1.54, 1.807) is 35.6 Å². The van der Waals surface area contributed by atoms with Crippen LogP contribution >= 0.6 is 11.3 Å². The van der Waals surface area contributed by atoms with Gasteiger partial charge in [0.15, 0.2) is 5.13 Å². The molecule has 0 aliphatic heterocycles. The Morgan fingerprint density at radius 2 is 1.92 bits per heavy atom. The molecule has 2 fully saturated rings. The van der Waals surface area contributed by atoms with E-state index in [4.69, 9.17) is 14.8 Å². The van der Waals surface area contributed by atoms with E-state index < -0.39 is 5.97 Å². The van der Waals surface area contributed by atoms with Gasteiger partial charge in [-0.25, -0.2) is 9.78 Å². The summed E-state index contributed by atoms with van der Waals surface area (Å²) in [5, 5.41) is 13.4. The predicted octanol–water partition coefficient (Wildman–Crippen LogP) is 7.09. The lowest BCUT2D eigenvalue weighted by Crippen LogP contribution is -2.50. The monoisotopic (exact) mass is 520 g/mol. The molecule has 0 spiro atoms. The van der Waals surface area contributed by atoms with Crippen LogP contribution in [0.4, 0.5) is 10.8 Å². The molecule has 0 saturated heterocycles. The minimum Gasteiger partial charge on any atom is -0.478 e. The van der Waals surface area contributed by atoms with E-state index in [0.29, 0.717) is 24.2 Å². The second-order valence-electron chi connectivity index (χ2n) is 11.9. The summed E-state index contributed by atoms with van der Waals surface area (Å²) in [6.45, 7) is 6.76. The Hall–Kier alpha value is -2.67. The zero-order valence-corrected chi connectivity index (χ0v) is 22.7. The molecule has 1 aromatic carbocycles. The standard InChI is InChI=1S/C30H36N2O4S/c1-4-25(33)36-24-12-11-20-19-9-10-22-26-23(14-16-29(22,2)21(19)13-15-30(20,24)3)32-28(37-26)31-18-7-5-17(6-8-18)27(34)35/h5-8,10,19-21,24H,4,9,11-16H2,1-3H3,(H,31,32)(H,34,35)/t19-,20-,21-,24-,29+,30-/m0/s1. The van der Waals surface area contributed by atoms with Crippen LogP contribution in [0, 0.1) is 28.6 Å². The number of carboxylic acids is 1. The van der Waals surface area contributed by atoms with Gasteiger partial charge in [-0.15, -0.1) is 0 Å². The number of aromatic nitrogens is 1. The van der Waals surface area contributed by atoms with Crippen molar-refractivity contribution in [3.63, 3.8) is 0 Å². The van der Waals surface area contributed by atoms with Gasteiger partial charge in [-0.05, 0) is 98.0 Å². The fraction of sp³-hybridized carbons (Fsp3) is 0.567. The normalized spacial score (nSPS) is 33.9. The topological polar surface area (TPSA) is 88.5 Å². The summed E-state index contributed by atoms with van der Waals surface area (Å²) in [6, 6.07) is 6.83. The van der Waals surface area contributed by atoms with E-state index in [9.17, 15) is 9.59 Å². The molecule has 2 N–H and O–H groups in total. The highest BCUT2D eigenvalue weighted by molar-refractivity contribution is 7.16. The largest absolute Gasteiger partial charge is 0.478 e. The second kappa shape index (κ2) is 8.97. The molecular weight excluding hydrogens is 484 g/mol. The Balaban J connectivity index is 1.25. The smallest absolute Gasteiger partial charge is 0.335 e. The number of thiazole rings is 1. The van der Waals surface area contributed by atoms with Crippen molar-refractivity contribution in [3.8, 4) is 0 Å². The first kappa shape index (κ1) is 24.7. The Morgan fingerprint density at radius 1 is 1.14 bits per heavy atom. The van der Waals surface area contributed by atoms with Crippen molar-refractivity contribution in [2.24, 2.45) is 28.6 Å². The summed E-state index contributed by atoms with van der Waals surface area (Å²) in [5.41, 5.74) is 4.06. The molecule has 0 bridgehead atoms. The highest BCUT2D eigenvalue weighted by Gasteiger charge is 2.60. The van der Waals surface area contributed by atoms with E-state index in [1.165, 1.54) is 29.0 Å². The fourth-order valence-corrected chi connectivity index (χ4v) is 9.35. The maximum Gasteiger partial charge on any atom is 0.335 e. The number of anilines is 2. The fourth-order valence-electron chi connectivity index (χ4n) is 8.14. The summed E-state index contributed by atoms with van der Waals surface area (Å²) < 4.78 is 5.96. The number of rotatable bonds is 5. The van der Waals surface area contributed by atoms with E-state index in [2.05, 4.69) is 25.2 Å². The Bertz CT molecular complexity index is 1270. The van der Waals surface area contributed by atoms with Crippen molar-refractivity contribution in [3.05, 3.63) is 46.5 Å². The number of carbonyl (C=O) groups excluding carboxylic acids is 1. The SMILES string of the molecule is CCC(=O)O[C@H]1CC[C@H]2[C@@H]3CC=C4c5sc(Nc6ccc(C(=O)O)cc6)nc5CC[C@]4(C)[C@H]3CC[C@]12C. The molecule has 37 heavy (non-hydrogen) atoms. The molecule has 6 nitrogen and oxygen atoms in total. The number of ether oxygens (including phenoxy) is 1. The van der Waals surface area contributed by atoms with Gasteiger partial charge in [-0.3, -0.25) is 4.79 Å². The Labute approximate surface area is 222 Å². The first-order chi connectivity index (χ1) is 17.7. The molecule has 0 radical (unpaired) electrons. The number of fused-ring (bicyclic) bond motifs is 7. The number of allylic oxidation sites excluding steroid dienone is 2. The minimum absolute atomic E-state index is 0.0564. The molecule has 1 heterocycles. The van der Waals surface area contributed by atoms with Gasteiger partial charge in [0.25, 0.3) is 0 Å². The number of esters is 1. The predicted molar refractivity (Wildman–Crippen MR) is 145 cm³/mol. The van der Waals surface area contributed by atoms with Crippen molar-refractivity contribution in [2.45, 2.75) is 78.2 Å². The van der Waals surface area contributed by atoms with Gasteiger partial charge in [-0.1, -0.05) is 38.2 Å². The highest BCUT2D eigenvalue weighted by atomic mass is 32.1. The quantitative estimate of drug-likeness (QED) is 0.409. The van der Waals surface area contributed by atoms with Crippen LogP contribution < -0.4 is 5.32 Å². The summed E-state index contributed by atoms with van der Waals surface area (Å²) in [7, 11) is 0. The van der Waals surface area contributed by atoms with Gasteiger partial charge in [0.2, 0.25) is 0 Å². The zero-order chi connectivity index (χ0) is 25.9. The van der Waals surface area contributed by atoms with E-state index in [-0.39, 0.29) is 28.5 Å². The maximum atomic E-state index is 12.1. The van der Waals surface area contributed by atoms with Crippen LogP contribution in [0.1, 0.15) is 86.6 Å². The lowest BCUT2D eigenvalue weighted by atomic mass is 9.48. The van der Waals surface area contributed by atoms with E-state index >= 15 is 0 Å². The number of aromatic carboxylic acids is 1. The van der Waals surface area contributed by atoms with E-state index in [1.807, 2.05) is 6.92 Å². The van der Waals surface area contributed by atoms with Crippen LogP contribution in [-0.4, -0.2) is 28.1 Å². The second-order valence-corrected chi connectivity index (χ2v) is 12.9. The zero-order valence-electron chi connectivity index (χ0n) is 21.9. The summed E-state index contributed by atoms with van der Waals surface area (Å²) in [4.78, 5) is 29.5. The number of hydrogen-bond acceptors (Lipinski definition) is 6. The number of benzene rings is 1. The van der Waals surface area contributed by atoms with Gasteiger partial charge in [-0.2, -0.15) is 0 Å². The first-order valence-electron chi connectivity index (χ1n) is 13.7. The molecule has 0 unspecified atom stereocenters. The molecule has 6 atom stereocenters. The molecule has 2 aromatic rings. The molecule has 2 saturated carbocycles. The third-order valence-corrected chi connectivity index (χ3v) is 11.2. The Morgan fingerprint density at radius 3 is 2.65 bits per heavy atom. The molecule has 0 amide bonds. The Kier molecular flexibility index (Phi) is 5.98.